The Kier molecular flexibility index (Phi) is 4.68. The second-order valence-electron chi connectivity index (χ2n) is 4.64. The fourth-order valence-electron chi connectivity index (χ4n) is 1.93. The predicted octanol–water partition coefficient (Wildman–Crippen LogP) is 3.28. The molecular weight excluding hydrogens is 380 g/mol. The van der Waals surface area contributed by atoms with Gasteiger partial charge in [0, 0.05) is 28.2 Å². The molecule has 0 amide bonds. The highest BCUT2D eigenvalue weighted by Crippen LogP contribution is 2.13. The van der Waals surface area contributed by atoms with Gasteiger partial charge in [-0.05, 0) is 23.8 Å². The summed E-state index contributed by atoms with van der Waals surface area (Å²) in [6, 6.07) is 8.91. The summed E-state index contributed by atoms with van der Waals surface area (Å²) in [6.45, 7) is -0.0364. The number of thiazole rings is 1. The van der Waals surface area contributed by atoms with Gasteiger partial charge in [0.2, 0.25) is 0 Å². The Morgan fingerprint density at radius 2 is 2.26 bits per heavy atom. The van der Waals surface area contributed by atoms with Crippen LogP contribution in [0, 0.1) is 0 Å². The lowest BCUT2D eigenvalue weighted by atomic mass is 10.2. The van der Waals surface area contributed by atoms with E-state index in [0.717, 1.165) is 10.0 Å². The molecule has 1 aromatic carbocycles. The lowest BCUT2D eigenvalue weighted by Gasteiger charge is -2.02. The summed E-state index contributed by atoms with van der Waals surface area (Å²) in [5.74, 6) is -0.488. The maximum Gasteiger partial charge on any atom is 0.331 e. The number of hydrogen-bond donors (Lipinski definition) is 0. The molecule has 0 spiro atoms. The summed E-state index contributed by atoms with van der Waals surface area (Å²) < 4.78 is 7.50. The van der Waals surface area contributed by atoms with Crippen LogP contribution in [-0.2, 0) is 16.1 Å². The minimum Gasteiger partial charge on any atom is -0.456 e. The van der Waals surface area contributed by atoms with Crippen molar-refractivity contribution in [1.82, 2.24) is 9.38 Å². The molecule has 0 fully saturated rings. The Balaban J connectivity index is 1.65. The van der Waals surface area contributed by atoms with Crippen molar-refractivity contribution in [2.45, 2.75) is 6.61 Å². The number of nitrogens with zero attached hydrogens (tertiary/aromatic N) is 2. The molecule has 0 radical (unpaired) electrons. The van der Waals surface area contributed by atoms with Crippen LogP contribution in [0.3, 0.4) is 0 Å². The summed E-state index contributed by atoms with van der Waals surface area (Å²) in [7, 11) is 0. The van der Waals surface area contributed by atoms with Crippen LogP contribution in [0.5, 0.6) is 0 Å². The van der Waals surface area contributed by atoms with Crippen LogP contribution >= 0.6 is 27.3 Å². The van der Waals surface area contributed by atoms with Gasteiger partial charge in [-0.15, -0.1) is 11.3 Å². The molecule has 23 heavy (non-hydrogen) atoms. The van der Waals surface area contributed by atoms with Gasteiger partial charge in [0.15, 0.2) is 4.96 Å². The Bertz CT molecular complexity index is 946. The number of halogens is 1. The van der Waals surface area contributed by atoms with Gasteiger partial charge in [0.25, 0.3) is 5.56 Å². The molecule has 0 N–H and O–H groups in total. The highest BCUT2D eigenvalue weighted by atomic mass is 79.9. The van der Waals surface area contributed by atoms with Gasteiger partial charge in [0.05, 0.1) is 5.69 Å². The molecule has 0 unspecified atom stereocenters. The highest BCUT2D eigenvalue weighted by Gasteiger charge is 2.05. The van der Waals surface area contributed by atoms with Crippen molar-refractivity contribution < 1.29 is 9.53 Å². The van der Waals surface area contributed by atoms with Crippen LogP contribution in [-0.4, -0.2) is 15.4 Å². The minimum absolute atomic E-state index is 0.0364. The van der Waals surface area contributed by atoms with E-state index in [-0.39, 0.29) is 12.2 Å². The lowest BCUT2D eigenvalue weighted by Crippen LogP contribution is -2.14. The number of esters is 1. The zero-order valence-electron chi connectivity index (χ0n) is 11.8. The molecule has 0 aliphatic carbocycles. The summed E-state index contributed by atoms with van der Waals surface area (Å²) in [4.78, 5) is 28.4. The number of aromatic nitrogens is 2. The van der Waals surface area contributed by atoms with Crippen molar-refractivity contribution in [3.8, 4) is 0 Å². The molecule has 0 atom stereocenters. The van der Waals surface area contributed by atoms with E-state index in [1.165, 1.54) is 27.9 Å². The Morgan fingerprint density at radius 3 is 3.09 bits per heavy atom. The van der Waals surface area contributed by atoms with Crippen LogP contribution in [0.15, 0.2) is 57.3 Å². The molecule has 2 aromatic heterocycles. The van der Waals surface area contributed by atoms with E-state index in [9.17, 15) is 9.59 Å². The molecule has 0 saturated carbocycles. The predicted molar refractivity (Wildman–Crippen MR) is 92.3 cm³/mol. The van der Waals surface area contributed by atoms with Crippen molar-refractivity contribution in [2.24, 2.45) is 0 Å². The van der Waals surface area contributed by atoms with Crippen molar-refractivity contribution in [3.05, 3.63) is 74.1 Å². The summed E-state index contributed by atoms with van der Waals surface area (Å²) in [5, 5.41) is 1.78. The maximum absolute atomic E-state index is 11.8. The topological polar surface area (TPSA) is 60.7 Å². The fourth-order valence-corrected chi connectivity index (χ4v) is 3.09. The van der Waals surface area contributed by atoms with E-state index in [4.69, 9.17) is 4.74 Å². The molecule has 0 bridgehead atoms. The number of fused-ring (bicyclic) bond motifs is 1. The van der Waals surface area contributed by atoms with Gasteiger partial charge in [-0.2, -0.15) is 0 Å². The van der Waals surface area contributed by atoms with E-state index in [0.29, 0.717) is 10.7 Å². The van der Waals surface area contributed by atoms with Gasteiger partial charge in [0.1, 0.15) is 6.61 Å². The zero-order valence-corrected chi connectivity index (χ0v) is 14.2. The van der Waals surface area contributed by atoms with Crippen molar-refractivity contribution in [1.29, 1.82) is 0 Å². The van der Waals surface area contributed by atoms with Gasteiger partial charge in [-0.1, -0.05) is 28.1 Å². The molecule has 116 valence electrons. The van der Waals surface area contributed by atoms with Crippen molar-refractivity contribution >= 4 is 44.3 Å². The van der Waals surface area contributed by atoms with Crippen LogP contribution in [0.4, 0.5) is 0 Å². The third-order valence-corrected chi connectivity index (χ3v) is 4.23. The molecule has 3 aromatic rings. The molecule has 7 heteroatoms. The summed E-state index contributed by atoms with van der Waals surface area (Å²) >= 11 is 4.72. The summed E-state index contributed by atoms with van der Waals surface area (Å²) in [6.07, 6.45) is 4.67. The highest BCUT2D eigenvalue weighted by molar-refractivity contribution is 9.10. The molecular formula is C16H11BrN2O3S. The van der Waals surface area contributed by atoms with Crippen LogP contribution in [0.1, 0.15) is 11.3 Å². The second kappa shape index (κ2) is 6.89. The zero-order chi connectivity index (χ0) is 16.2. The number of rotatable bonds is 4. The van der Waals surface area contributed by atoms with Crippen LogP contribution in [0.2, 0.25) is 0 Å². The number of benzene rings is 1. The molecule has 2 heterocycles. The molecule has 0 saturated heterocycles. The van der Waals surface area contributed by atoms with E-state index >= 15 is 0 Å². The molecule has 5 nitrogen and oxygen atoms in total. The van der Waals surface area contributed by atoms with Gasteiger partial charge in [-0.25, -0.2) is 9.78 Å². The molecule has 0 aliphatic heterocycles. The SMILES string of the molecule is O=C(/C=C/c1cccc(Br)c1)OCc1cc(=O)n2ccsc2n1. The smallest absolute Gasteiger partial charge is 0.331 e. The summed E-state index contributed by atoms with van der Waals surface area (Å²) in [5.41, 5.74) is 1.13. The van der Waals surface area contributed by atoms with E-state index in [2.05, 4.69) is 20.9 Å². The van der Waals surface area contributed by atoms with Crippen LogP contribution < -0.4 is 5.56 Å². The monoisotopic (exact) mass is 390 g/mol. The number of carbonyl (C=O) groups excluding carboxylic acids is 1. The average Bonchev–Trinajstić information content (AvgIpc) is 3.00. The van der Waals surface area contributed by atoms with Gasteiger partial charge >= 0.3 is 5.97 Å². The van der Waals surface area contributed by atoms with E-state index in [1.54, 1.807) is 17.7 Å². The lowest BCUT2D eigenvalue weighted by molar-refractivity contribution is -0.139. The van der Waals surface area contributed by atoms with E-state index < -0.39 is 5.97 Å². The van der Waals surface area contributed by atoms with Gasteiger partial charge in [-0.3, -0.25) is 9.20 Å². The largest absolute Gasteiger partial charge is 0.456 e. The fraction of sp³-hybridized carbons (Fsp3) is 0.0625. The van der Waals surface area contributed by atoms with Gasteiger partial charge < -0.3 is 4.74 Å². The first-order chi connectivity index (χ1) is 11.1. The number of ether oxygens (including phenoxy) is 1. The Labute approximate surface area is 144 Å². The normalized spacial score (nSPS) is 11.2. The standard InChI is InChI=1S/C16H11BrN2O3S/c17-12-3-1-2-11(8-12)4-5-15(21)22-10-13-9-14(20)19-6-7-23-16(19)18-13/h1-9H,10H2/b5-4+. The first-order valence-electron chi connectivity index (χ1n) is 6.68. The molecule has 3 rings (SSSR count). The Morgan fingerprint density at radius 1 is 1.39 bits per heavy atom. The average molecular weight is 391 g/mol. The third-order valence-electron chi connectivity index (χ3n) is 2.98. The maximum atomic E-state index is 11.8. The van der Waals surface area contributed by atoms with Crippen molar-refractivity contribution in [2.75, 3.05) is 0 Å². The van der Waals surface area contributed by atoms with Crippen molar-refractivity contribution in [3.63, 3.8) is 0 Å². The Hall–Kier alpha value is -2.25. The first-order valence-corrected chi connectivity index (χ1v) is 8.35. The second-order valence-corrected chi connectivity index (χ2v) is 6.43. The quantitative estimate of drug-likeness (QED) is 0.506. The number of hydrogen-bond acceptors (Lipinski definition) is 5. The van der Waals surface area contributed by atoms with Crippen LogP contribution in [0.25, 0.3) is 11.0 Å². The molecule has 0 aliphatic rings. The third kappa shape index (κ3) is 3.94. The van der Waals surface area contributed by atoms with E-state index in [1.807, 2.05) is 24.3 Å². The number of carbonyl (C=O) groups is 1. The first kappa shape index (κ1) is 15.6. The minimum atomic E-state index is -0.488.